The van der Waals surface area contributed by atoms with Gasteiger partial charge in [0.05, 0.1) is 45.2 Å². The molecule has 0 saturated heterocycles. The summed E-state index contributed by atoms with van der Waals surface area (Å²) in [6.07, 6.45) is 4.82. The molecule has 0 aliphatic heterocycles. The van der Waals surface area contributed by atoms with E-state index in [2.05, 4.69) is 12.2 Å². The van der Waals surface area contributed by atoms with E-state index in [4.69, 9.17) is 18.9 Å². The molecule has 0 aromatic heterocycles. The molecule has 126 valence electrons. The predicted octanol–water partition coefficient (Wildman–Crippen LogP) is 1.85. The summed E-state index contributed by atoms with van der Waals surface area (Å²) in [5.74, 6) is 0.832. The van der Waals surface area contributed by atoms with Gasteiger partial charge in [-0.2, -0.15) is 0 Å². The number of nitrogens with one attached hydrogen (secondary N) is 1. The Labute approximate surface area is 129 Å². The van der Waals surface area contributed by atoms with Crippen LogP contribution in [0.5, 0.6) is 0 Å². The van der Waals surface area contributed by atoms with Gasteiger partial charge in [0.1, 0.15) is 0 Å². The first-order valence-electron chi connectivity index (χ1n) is 8.15. The number of hydrogen-bond donors (Lipinski definition) is 1. The first-order valence-corrected chi connectivity index (χ1v) is 8.15. The molecule has 5 nitrogen and oxygen atoms in total. The highest BCUT2D eigenvalue weighted by Crippen LogP contribution is 2.34. The fourth-order valence-corrected chi connectivity index (χ4v) is 2.76. The second kappa shape index (κ2) is 11.4. The van der Waals surface area contributed by atoms with E-state index in [0.717, 1.165) is 25.3 Å². The van der Waals surface area contributed by atoms with Gasteiger partial charge in [0.2, 0.25) is 0 Å². The molecule has 1 aliphatic carbocycles. The highest BCUT2D eigenvalue weighted by Gasteiger charge is 2.34. The normalized spacial score (nSPS) is 26.1. The molecule has 0 atom stereocenters. The van der Waals surface area contributed by atoms with Gasteiger partial charge in [0.25, 0.3) is 0 Å². The Kier molecular flexibility index (Phi) is 10.2. The van der Waals surface area contributed by atoms with Gasteiger partial charge >= 0.3 is 0 Å². The minimum atomic E-state index is 0.0135. The lowest BCUT2D eigenvalue weighted by Gasteiger charge is -2.39. The summed E-state index contributed by atoms with van der Waals surface area (Å²) in [5, 5.41) is 3.28. The van der Waals surface area contributed by atoms with Crippen molar-refractivity contribution in [3.05, 3.63) is 0 Å². The molecule has 0 spiro atoms. The van der Waals surface area contributed by atoms with Gasteiger partial charge in [0.15, 0.2) is 0 Å². The van der Waals surface area contributed by atoms with E-state index in [1.165, 1.54) is 12.8 Å². The minimum Gasteiger partial charge on any atom is -0.382 e. The van der Waals surface area contributed by atoms with Crippen LogP contribution in [-0.2, 0) is 18.9 Å². The van der Waals surface area contributed by atoms with Crippen LogP contribution in [0.4, 0.5) is 0 Å². The third kappa shape index (κ3) is 8.12. The third-order valence-electron chi connectivity index (χ3n) is 4.12. The van der Waals surface area contributed by atoms with Crippen molar-refractivity contribution < 1.29 is 18.9 Å². The number of methoxy groups -OCH3 is 1. The highest BCUT2D eigenvalue weighted by atomic mass is 16.6. The largest absolute Gasteiger partial charge is 0.382 e. The summed E-state index contributed by atoms with van der Waals surface area (Å²) >= 11 is 0. The number of rotatable bonds is 12. The molecule has 1 aliphatic rings. The van der Waals surface area contributed by atoms with Gasteiger partial charge in [-0.3, -0.25) is 0 Å². The van der Waals surface area contributed by atoms with Crippen LogP contribution >= 0.6 is 0 Å². The summed E-state index contributed by atoms with van der Waals surface area (Å²) in [7, 11) is 3.67. The average Bonchev–Trinajstić information content (AvgIpc) is 2.49. The lowest BCUT2D eigenvalue weighted by Crippen LogP contribution is -2.45. The van der Waals surface area contributed by atoms with Gasteiger partial charge in [-0.15, -0.1) is 0 Å². The number of likely N-dealkylation sites (N-methyl/N-ethyl adjacent to an activating group) is 1. The molecule has 21 heavy (non-hydrogen) atoms. The van der Waals surface area contributed by atoms with Gasteiger partial charge in [-0.05, 0) is 38.6 Å². The van der Waals surface area contributed by atoms with Crippen LogP contribution in [0.3, 0.4) is 0 Å². The third-order valence-corrected chi connectivity index (χ3v) is 4.12. The van der Waals surface area contributed by atoms with Crippen molar-refractivity contribution in [2.45, 2.75) is 38.2 Å². The highest BCUT2D eigenvalue weighted by molar-refractivity contribution is 4.88. The lowest BCUT2D eigenvalue weighted by molar-refractivity contribution is -0.0936. The summed E-state index contributed by atoms with van der Waals surface area (Å²) in [6, 6.07) is 0. The maximum Gasteiger partial charge on any atom is 0.0807 e. The molecule has 0 heterocycles. The lowest BCUT2D eigenvalue weighted by atomic mass is 9.79. The molecule has 1 fully saturated rings. The molecule has 0 radical (unpaired) electrons. The van der Waals surface area contributed by atoms with Crippen LogP contribution in [0, 0.1) is 5.92 Å². The van der Waals surface area contributed by atoms with Crippen LogP contribution in [0.25, 0.3) is 0 Å². The Morgan fingerprint density at radius 2 is 1.52 bits per heavy atom. The van der Waals surface area contributed by atoms with Crippen molar-refractivity contribution in [1.29, 1.82) is 0 Å². The van der Waals surface area contributed by atoms with Gasteiger partial charge in [0, 0.05) is 13.7 Å². The smallest absolute Gasteiger partial charge is 0.0807 e. The summed E-state index contributed by atoms with van der Waals surface area (Å²) in [5.41, 5.74) is 0.0135. The standard InChI is InChI=1S/C16H33NO4/c1-15-4-6-16(7-5-15,14-17-2)21-13-12-20-11-10-19-9-8-18-3/h15,17H,4-14H2,1-3H3. The SMILES string of the molecule is CNCC1(OCCOCCOCCOC)CCC(C)CC1. The van der Waals surface area contributed by atoms with E-state index in [9.17, 15) is 0 Å². The zero-order chi connectivity index (χ0) is 15.4. The van der Waals surface area contributed by atoms with E-state index in [-0.39, 0.29) is 5.60 Å². The van der Waals surface area contributed by atoms with Crippen LogP contribution in [0.2, 0.25) is 0 Å². The van der Waals surface area contributed by atoms with E-state index in [1.807, 2.05) is 7.05 Å². The maximum atomic E-state index is 6.16. The molecule has 0 aromatic rings. The number of ether oxygens (including phenoxy) is 4. The molecule has 1 saturated carbocycles. The molecule has 0 bridgehead atoms. The van der Waals surface area contributed by atoms with Crippen LogP contribution in [-0.4, -0.2) is 65.9 Å². The van der Waals surface area contributed by atoms with Crippen LogP contribution in [0.1, 0.15) is 32.6 Å². The summed E-state index contributed by atoms with van der Waals surface area (Å²) in [6.45, 7) is 7.04. The quantitative estimate of drug-likeness (QED) is 0.558. The first kappa shape index (κ1) is 18.8. The Hall–Kier alpha value is -0.200. The van der Waals surface area contributed by atoms with Crippen molar-refractivity contribution in [3.63, 3.8) is 0 Å². The molecule has 0 amide bonds. The monoisotopic (exact) mass is 303 g/mol. The van der Waals surface area contributed by atoms with Crippen molar-refractivity contribution in [2.24, 2.45) is 5.92 Å². The second-order valence-electron chi connectivity index (χ2n) is 5.96. The number of hydrogen-bond acceptors (Lipinski definition) is 5. The van der Waals surface area contributed by atoms with Crippen LogP contribution < -0.4 is 5.32 Å². The van der Waals surface area contributed by atoms with Crippen molar-refractivity contribution in [2.75, 3.05) is 60.3 Å². The van der Waals surface area contributed by atoms with E-state index in [1.54, 1.807) is 7.11 Å². The summed E-state index contributed by atoms with van der Waals surface area (Å²) < 4.78 is 21.9. The molecule has 1 N–H and O–H groups in total. The fourth-order valence-electron chi connectivity index (χ4n) is 2.76. The molecular formula is C16H33NO4. The fraction of sp³-hybridized carbons (Fsp3) is 1.00. The van der Waals surface area contributed by atoms with Gasteiger partial charge in [-0.1, -0.05) is 6.92 Å². The van der Waals surface area contributed by atoms with Crippen LogP contribution in [0.15, 0.2) is 0 Å². The Morgan fingerprint density at radius 3 is 2.10 bits per heavy atom. The zero-order valence-corrected chi connectivity index (χ0v) is 14.0. The average molecular weight is 303 g/mol. The minimum absolute atomic E-state index is 0.0135. The Balaban J connectivity index is 2.06. The first-order chi connectivity index (χ1) is 10.2. The maximum absolute atomic E-state index is 6.16. The van der Waals surface area contributed by atoms with E-state index < -0.39 is 0 Å². The molecule has 0 aromatic carbocycles. The molecule has 5 heteroatoms. The van der Waals surface area contributed by atoms with Gasteiger partial charge < -0.3 is 24.3 Å². The topological polar surface area (TPSA) is 49.0 Å². The second-order valence-corrected chi connectivity index (χ2v) is 5.96. The summed E-state index contributed by atoms with van der Waals surface area (Å²) in [4.78, 5) is 0. The Bertz CT molecular complexity index is 242. The zero-order valence-electron chi connectivity index (χ0n) is 14.0. The van der Waals surface area contributed by atoms with Crippen molar-refractivity contribution in [1.82, 2.24) is 5.32 Å². The predicted molar refractivity (Wildman–Crippen MR) is 83.8 cm³/mol. The molecule has 1 rings (SSSR count). The Morgan fingerprint density at radius 1 is 0.952 bits per heavy atom. The molecule has 0 unspecified atom stereocenters. The van der Waals surface area contributed by atoms with E-state index in [0.29, 0.717) is 39.6 Å². The molecular weight excluding hydrogens is 270 g/mol. The van der Waals surface area contributed by atoms with Gasteiger partial charge in [-0.25, -0.2) is 0 Å². The van der Waals surface area contributed by atoms with Crippen molar-refractivity contribution >= 4 is 0 Å². The van der Waals surface area contributed by atoms with Crippen molar-refractivity contribution in [3.8, 4) is 0 Å². The van der Waals surface area contributed by atoms with E-state index >= 15 is 0 Å².